The summed E-state index contributed by atoms with van der Waals surface area (Å²) >= 11 is 1.56. The van der Waals surface area contributed by atoms with Gasteiger partial charge in [-0.1, -0.05) is 23.5 Å². The van der Waals surface area contributed by atoms with E-state index in [4.69, 9.17) is 5.10 Å². The van der Waals surface area contributed by atoms with Crippen molar-refractivity contribution in [1.82, 2.24) is 34.3 Å². The van der Waals surface area contributed by atoms with E-state index in [1.165, 1.54) is 38.5 Å². The van der Waals surface area contributed by atoms with Crippen LogP contribution >= 0.6 is 11.3 Å². The van der Waals surface area contributed by atoms with Crippen molar-refractivity contribution in [2.24, 2.45) is 23.2 Å². The van der Waals surface area contributed by atoms with Gasteiger partial charge in [-0.05, 0) is 105 Å². The number of aryl methyl sites for hydroxylation is 1. The van der Waals surface area contributed by atoms with Crippen LogP contribution in [-0.2, 0) is 6.54 Å². The SMILES string of the molecule is Cc1cc(Nc2nc3ccccc3s2)nnc1-c1cnc2c(C(=O)O)c(-c3cnn(CC45CC6CC(CC(C6)C4)C5)c3C)ccn12. The monoisotopic (exact) mass is 630 g/mol. The van der Waals surface area contributed by atoms with Gasteiger partial charge in [0.1, 0.15) is 11.3 Å². The molecule has 0 atom stereocenters. The molecular weight excluding hydrogens is 597 g/mol. The molecule has 4 aliphatic carbocycles. The van der Waals surface area contributed by atoms with Gasteiger partial charge in [0.05, 0.1) is 28.3 Å². The number of aromatic nitrogens is 7. The predicted molar refractivity (Wildman–Crippen MR) is 177 cm³/mol. The Morgan fingerprint density at radius 1 is 1.02 bits per heavy atom. The van der Waals surface area contributed by atoms with E-state index in [0.717, 1.165) is 56.5 Å². The van der Waals surface area contributed by atoms with Gasteiger partial charge in [-0.3, -0.25) is 9.08 Å². The molecule has 5 aromatic heterocycles. The van der Waals surface area contributed by atoms with Gasteiger partial charge in [-0.2, -0.15) is 5.10 Å². The van der Waals surface area contributed by atoms with Gasteiger partial charge in [0.25, 0.3) is 0 Å². The molecule has 46 heavy (non-hydrogen) atoms. The fourth-order valence-corrected chi connectivity index (χ4v) is 10.0. The van der Waals surface area contributed by atoms with Gasteiger partial charge in [0.15, 0.2) is 16.6 Å². The molecule has 0 aliphatic heterocycles. The highest BCUT2D eigenvalue weighted by atomic mass is 32.1. The second-order valence-electron chi connectivity index (χ2n) is 13.8. The first kappa shape index (κ1) is 27.7. The molecule has 0 amide bonds. The van der Waals surface area contributed by atoms with Gasteiger partial charge in [0, 0.05) is 29.6 Å². The third-order valence-corrected chi connectivity index (χ3v) is 11.6. The molecule has 232 valence electrons. The molecule has 6 aromatic rings. The summed E-state index contributed by atoms with van der Waals surface area (Å²) in [6.45, 7) is 4.95. The van der Waals surface area contributed by atoms with Gasteiger partial charge in [0.2, 0.25) is 0 Å². The van der Waals surface area contributed by atoms with Crippen LogP contribution in [0.1, 0.15) is 60.1 Å². The summed E-state index contributed by atoms with van der Waals surface area (Å²) < 4.78 is 5.02. The van der Waals surface area contributed by atoms with Crippen molar-refractivity contribution in [1.29, 1.82) is 0 Å². The van der Waals surface area contributed by atoms with Gasteiger partial charge < -0.3 is 10.4 Å². The number of hydrogen-bond donors (Lipinski definition) is 2. The highest BCUT2D eigenvalue weighted by Crippen LogP contribution is 2.60. The standard InChI is InChI=1S/C35H34N8O2S/c1-19-9-29(39-34-38-26-5-3-4-6-28(26)46-34)40-41-31(19)27-17-36-32-30(33(44)45)24(7-8-42(27)32)25-16-37-43(20(25)2)18-35-13-21-10-22(14-35)12-23(11-21)15-35/h3-9,16-17,21-23H,10-15,18H2,1-2H3,(H,44,45)(H,38,39,40). The molecule has 10 nitrogen and oxygen atoms in total. The van der Waals surface area contributed by atoms with E-state index in [0.29, 0.717) is 33.8 Å². The number of anilines is 2. The second kappa shape index (κ2) is 10.2. The van der Waals surface area contributed by atoms with Crippen molar-refractivity contribution in [3.63, 3.8) is 0 Å². The van der Waals surface area contributed by atoms with E-state index >= 15 is 0 Å². The lowest BCUT2D eigenvalue weighted by Crippen LogP contribution is -2.48. The van der Waals surface area contributed by atoms with E-state index in [1.807, 2.05) is 55.7 Å². The number of hydrogen-bond acceptors (Lipinski definition) is 8. The summed E-state index contributed by atoms with van der Waals surface area (Å²) in [5, 5.41) is 28.3. The number of pyridine rings is 1. The smallest absolute Gasteiger partial charge is 0.340 e. The Hall–Kier alpha value is -4.64. The third kappa shape index (κ3) is 4.43. The number of nitrogens with zero attached hydrogens (tertiary/aromatic N) is 7. The van der Waals surface area contributed by atoms with Crippen molar-refractivity contribution in [3.05, 3.63) is 71.8 Å². The second-order valence-corrected chi connectivity index (χ2v) is 14.9. The number of para-hydroxylation sites is 1. The fraction of sp³-hybridized carbons (Fsp3) is 0.371. The van der Waals surface area contributed by atoms with E-state index in [9.17, 15) is 9.90 Å². The molecule has 5 heterocycles. The van der Waals surface area contributed by atoms with Crippen LogP contribution in [-0.4, -0.2) is 45.4 Å². The van der Waals surface area contributed by atoms with Crippen molar-refractivity contribution < 1.29 is 9.90 Å². The average molecular weight is 631 g/mol. The summed E-state index contributed by atoms with van der Waals surface area (Å²) in [4.78, 5) is 22.0. The van der Waals surface area contributed by atoms with Crippen LogP contribution in [0.3, 0.4) is 0 Å². The number of carboxylic acids is 1. The van der Waals surface area contributed by atoms with E-state index in [2.05, 4.69) is 37.1 Å². The minimum Gasteiger partial charge on any atom is -0.478 e. The minimum absolute atomic E-state index is 0.158. The summed E-state index contributed by atoms with van der Waals surface area (Å²) in [7, 11) is 0. The molecule has 0 spiro atoms. The fourth-order valence-electron chi connectivity index (χ4n) is 9.17. The van der Waals surface area contributed by atoms with Crippen molar-refractivity contribution in [2.45, 2.75) is 58.9 Å². The van der Waals surface area contributed by atoms with E-state index in [-0.39, 0.29) is 5.56 Å². The number of imidazole rings is 1. The largest absolute Gasteiger partial charge is 0.478 e. The van der Waals surface area contributed by atoms with Crippen molar-refractivity contribution >= 4 is 44.1 Å². The van der Waals surface area contributed by atoms with Crippen LogP contribution in [0.25, 0.3) is 38.4 Å². The maximum atomic E-state index is 12.8. The molecule has 1 aromatic carbocycles. The maximum Gasteiger partial charge on any atom is 0.340 e. The Morgan fingerprint density at radius 3 is 2.50 bits per heavy atom. The first-order valence-corrected chi connectivity index (χ1v) is 16.9. The predicted octanol–water partition coefficient (Wildman–Crippen LogP) is 7.54. The molecule has 2 N–H and O–H groups in total. The summed E-state index contributed by atoms with van der Waals surface area (Å²) in [5.74, 6) is 2.18. The van der Waals surface area contributed by atoms with Crippen LogP contribution in [0.5, 0.6) is 0 Å². The van der Waals surface area contributed by atoms with Crippen LogP contribution < -0.4 is 5.32 Å². The van der Waals surface area contributed by atoms with E-state index in [1.54, 1.807) is 21.9 Å². The molecule has 11 heteroatoms. The Bertz CT molecular complexity index is 2110. The number of carbonyl (C=O) groups is 1. The number of thiazole rings is 1. The molecule has 10 rings (SSSR count). The Labute approximate surface area is 269 Å². The number of rotatable bonds is 7. The van der Waals surface area contributed by atoms with Crippen LogP contribution in [0.4, 0.5) is 10.9 Å². The zero-order chi connectivity index (χ0) is 31.2. The topological polar surface area (TPSA) is 123 Å². The highest BCUT2D eigenvalue weighted by Gasteiger charge is 2.51. The van der Waals surface area contributed by atoms with Gasteiger partial charge in [-0.25, -0.2) is 14.8 Å². The Balaban J connectivity index is 1.03. The van der Waals surface area contributed by atoms with E-state index < -0.39 is 5.97 Å². The summed E-state index contributed by atoms with van der Waals surface area (Å²) in [6.07, 6.45) is 13.5. The quantitative estimate of drug-likeness (QED) is 0.185. The Morgan fingerprint density at radius 2 is 1.78 bits per heavy atom. The minimum atomic E-state index is -1.02. The Kier molecular flexibility index (Phi) is 6.12. The number of carboxylic acid groups (broad SMARTS) is 1. The molecule has 4 bridgehead atoms. The lowest BCUT2D eigenvalue weighted by Gasteiger charge is -2.56. The third-order valence-electron chi connectivity index (χ3n) is 10.7. The number of fused-ring (bicyclic) bond motifs is 2. The number of benzene rings is 1. The van der Waals surface area contributed by atoms with Crippen LogP contribution in [0.15, 0.2) is 55.0 Å². The molecule has 4 aliphatic rings. The lowest BCUT2D eigenvalue weighted by atomic mass is 9.49. The highest BCUT2D eigenvalue weighted by molar-refractivity contribution is 7.22. The normalized spacial score (nSPS) is 23.5. The molecular formula is C35H34N8O2S. The van der Waals surface area contributed by atoms with Crippen LogP contribution in [0.2, 0.25) is 0 Å². The van der Waals surface area contributed by atoms with Crippen molar-refractivity contribution in [3.8, 4) is 22.5 Å². The average Bonchev–Trinajstić information content (AvgIpc) is 3.72. The number of aromatic carboxylic acids is 1. The van der Waals surface area contributed by atoms with Crippen molar-refractivity contribution in [2.75, 3.05) is 5.32 Å². The zero-order valence-corrected chi connectivity index (χ0v) is 26.6. The first-order chi connectivity index (χ1) is 22.3. The summed E-state index contributed by atoms with van der Waals surface area (Å²) in [5.41, 5.74) is 6.45. The van der Waals surface area contributed by atoms with Crippen LogP contribution in [0, 0.1) is 37.0 Å². The molecule has 0 radical (unpaired) electrons. The van der Waals surface area contributed by atoms with Gasteiger partial charge >= 0.3 is 5.97 Å². The summed E-state index contributed by atoms with van der Waals surface area (Å²) in [6, 6.07) is 11.8. The molecule has 4 saturated carbocycles. The lowest BCUT2D eigenvalue weighted by molar-refractivity contribution is -0.0638. The first-order valence-electron chi connectivity index (χ1n) is 16.1. The zero-order valence-electron chi connectivity index (χ0n) is 25.8. The number of nitrogens with one attached hydrogen (secondary N) is 1. The maximum absolute atomic E-state index is 12.8. The molecule has 4 fully saturated rings. The molecule has 0 unspecified atom stereocenters. The molecule has 0 saturated heterocycles. The van der Waals surface area contributed by atoms with Gasteiger partial charge in [-0.15, -0.1) is 10.2 Å².